The van der Waals surface area contributed by atoms with Gasteiger partial charge in [0, 0.05) is 0 Å². The molecular weight excluding hydrogens is 236 g/mol. The molecule has 0 saturated heterocycles. The van der Waals surface area contributed by atoms with Crippen LogP contribution in [0.25, 0.3) is 0 Å². The van der Waals surface area contributed by atoms with E-state index in [2.05, 4.69) is 0 Å². The van der Waals surface area contributed by atoms with Crippen molar-refractivity contribution >= 4 is 17.6 Å². The third-order valence-electron chi connectivity index (χ3n) is 2.24. The number of anilines is 1. The maximum absolute atomic E-state index is 11.8. The summed E-state index contributed by atoms with van der Waals surface area (Å²) in [5.41, 5.74) is 11.2. The molecule has 0 bridgehead atoms. The summed E-state index contributed by atoms with van der Waals surface area (Å²) >= 11 is 0. The Kier molecular flexibility index (Phi) is 4.53. The second kappa shape index (κ2) is 5.90. The molecule has 0 aliphatic rings. The predicted molar refractivity (Wildman–Crippen MR) is 66.1 cm³/mol. The van der Waals surface area contributed by atoms with Gasteiger partial charge in [-0.25, -0.2) is 4.79 Å². The van der Waals surface area contributed by atoms with E-state index in [4.69, 9.17) is 20.9 Å². The zero-order valence-electron chi connectivity index (χ0n) is 10.3. The number of carbonyl (C=O) groups is 2. The number of esters is 1. The lowest BCUT2D eigenvalue weighted by molar-refractivity contribution is -0.125. The van der Waals surface area contributed by atoms with Gasteiger partial charge in [-0.15, -0.1) is 0 Å². The highest BCUT2D eigenvalue weighted by Crippen LogP contribution is 2.27. The Morgan fingerprint density at radius 2 is 2.06 bits per heavy atom. The van der Waals surface area contributed by atoms with Crippen LogP contribution in [0.5, 0.6) is 5.75 Å². The van der Waals surface area contributed by atoms with E-state index in [9.17, 15) is 9.59 Å². The fourth-order valence-corrected chi connectivity index (χ4v) is 1.30. The van der Waals surface area contributed by atoms with Crippen LogP contribution in [0.4, 0.5) is 5.69 Å². The molecule has 1 rings (SSSR count). The number of hydrogen-bond donors (Lipinski definition) is 2. The van der Waals surface area contributed by atoms with Gasteiger partial charge in [-0.05, 0) is 26.0 Å². The maximum Gasteiger partial charge on any atom is 0.342 e. The summed E-state index contributed by atoms with van der Waals surface area (Å²) in [4.78, 5) is 22.7. The average Bonchev–Trinajstić information content (AvgIpc) is 2.31. The molecule has 1 aromatic carbocycles. The van der Waals surface area contributed by atoms with Crippen LogP contribution in [-0.2, 0) is 9.53 Å². The molecular formula is C12H16N2O4. The highest BCUT2D eigenvalue weighted by atomic mass is 16.5. The SMILES string of the molecule is CCOc1c(N)cccc1C(=O)OC(C)C(N)=O. The van der Waals surface area contributed by atoms with Crippen molar-refractivity contribution in [1.82, 2.24) is 0 Å². The zero-order chi connectivity index (χ0) is 13.7. The molecule has 0 aliphatic carbocycles. The van der Waals surface area contributed by atoms with Crippen molar-refractivity contribution in [2.45, 2.75) is 20.0 Å². The van der Waals surface area contributed by atoms with E-state index in [1.807, 2.05) is 0 Å². The number of benzene rings is 1. The number of nitrogens with two attached hydrogens (primary N) is 2. The number of primary amides is 1. The Labute approximate surface area is 105 Å². The van der Waals surface area contributed by atoms with Crippen LogP contribution in [0.1, 0.15) is 24.2 Å². The normalized spacial score (nSPS) is 11.7. The summed E-state index contributed by atoms with van der Waals surface area (Å²) in [6, 6.07) is 4.72. The molecule has 18 heavy (non-hydrogen) atoms. The van der Waals surface area contributed by atoms with Crippen molar-refractivity contribution in [2.75, 3.05) is 12.3 Å². The fourth-order valence-electron chi connectivity index (χ4n) is 1.30. The van der Waals surface area contributed by atoms with Gasteiger partial charge in [-0.2, -0.15) is 0 Å². The van der Waals surface area contributed by atoms with Gasteiger partial charge in [0.2, 0.25) is 0 Å². The van der Waals surface area contributed by atoms with Gasteiger partial charge in [0.15, 0.2) is 11.9 Å². The van der Waals surface area contributed by atoms with Crippen LogP contribution in [-0.4, -0.2) is 24.6 Å². The van der Waals surface area contributed by atoms with E-state index in [1.165, 1.54) is 13.0 Å². The zero-order valence-corrected chi connectivity index (χ0v) is 10.3. The number of carbonyl (C=O) groups excluding carboxylic acids is 2. The van der Waals surface area contributed by atoms with Crippen LogP contribution in [0, 0.1) is 0 Å². The van der Waals surface area contributed by atoms with Gasteiger partial charge < -0.3 is 20.9 Å². The Hall–Kier alpha value is -2.24. The quantitative estimate of drug-likeness (QED) is 0.592. The van der Waals surface area contributed by atoms with E-state index in [0.29, 0.717) is 12.3 Å². The highest BCUT2D eigenvalue weighted by Gasteiger charge is 2.20. The number of rotatable bonds is 5. The molecule has 0 fully saturated rings. The predicted octanol–water partition coefficient (Wildman–Crippen LogP) is 0.698. The number of para-hydroxylation sites is 1. The Morgan fingerprint density at radius 1 is 1.39 bits per heavy atom. The lowest BCUT2D eigenvalue weighted by atomic mass is 10.1. The third kappa shape index (κ3) is 3.13. The van der Waals surface area contributed by atoms with E-state index < -0.39 is 18.0 Å². The minimum absolute atomic E-state index is 0.171. The minimum Gasteiger partial charge on any atom is -0.491 e. The largest absolute Gasteiger partial charge is 0.491 e. The molecule has 0 aliphatic heterocycles. The van der Waals surface area contributed by atoms with Gasteiger partial charge >= 0.3 is 5.97 Å². The summed E-state index contributed by atoms with van der Waals surface area (Å²) in [6.45, 7) is 3.53. The molecule has 1 aromatic rings. The first-order valence-electron chi connectivity index (χ1n) is 5.49. The maximum atomic E-state index is 11.8. The van der Waals surface area contributed by atoms with Crippen LogP contribution < -0.4 is 16.2 Å². The van der Waals surface area contributed by atoms with Gasteiger partial charge in [0.05, 0.1) is 12.3 Å². The van der Waals surface area contributed by atoms with Gasteiger partial charge in [0.25, 0.3) is 5.91 Å². The third-order valence-corrected chi connectivity index (χ3v) is 2.24. The topological polar surface area (TPSA) is 105 Å². The monoisotopic (exact) mass is 252 g/mol. The molecule has 0 heterocycles. The molecule has 1 unspecified atom stereocenters. The number of hydrogen-bond acceptors (Lipinski definition) is 5. The lowest BCUT2D eigenvalue weighted by Crippen LogP contribution is -2.30. The molecule has 0 saturated carbocycles. The van der Waals surface area contributed by atoms with E-state index in [-0.39, 0.29) is 11.3 Å². The first-order valence-corrected chi connectivity index (χ1v) is 5.49. The van der Waals surface area contributed by atoms with Crippen LogP contribution >= 0.6 is 0 Å². The molecule has 6 heteroatoms. The fraction of sp³-hybridized carbons (Fsp3) is 0.333. The molecule has 6 nitrogen and oxygen atoms in total. The van der Waals surface area contributed by atoms with Crippen molar-refractivity contribution < 1.29 is 19.1 Å². The molecule has 4 N–H and O–H groups in total. The average molecular weight is 252 g/mol. The lowest BCUT2D eigenvalue weighted by Gasteiger charge is -2.14. The molecule has 0 aromatic heterocycles. The molecule has 1 amide bonds. The van der Waals surface area contributed by atoms with E-state index >= 15 is 0 Å². The number of nitrogen functional groups attached to an aromatic ring is 1. The number of ether oxygens (including phenoxy) is 2. The van der Waals surface area contributed by atoms with Crippen molar-refractivity contribution in [2.24, 2.45) is 5.73 Å². The summed E-state index contributed by atoms with van der Waals surface area (Å²) in [7, 11) is 0. The Bertz CT molecular complexity index is 459. The van der Waals surface area contributed by atoms with Crippen molar-refractivity contribution in [3.8, 4) is 5.75 Å². The summed E-state index contributed by atoms with van der Waals surface area (Å²) < 4.78 is 10.2. The second-order valence-corrected chi connectivity index (χ2v) is 3.61. The molecule has 0 radical (unpaired) electrons. The van der Waals surface area contributed by atoms with Crippen molar-refractivity contribution in [3.05, 3.63) is 23.8 Å². The molecule has 1 atom stereocenters. The summed E-state index contributed by atoms with van der Waals surface area (Å²) in [6.07, 6.45) is -1.01. The molecule has 0 spiro atoms. The highest BCUT2D eigenvalue weighted by molar-refractivity contribution is 5.96. The Morgan fingerprint density at radius 3 is 2.61 bits per heavy atom. The van der Waals surface area contributed by atoms with Crippen molar-refractivity contribution in [3.63, 3.8) is 0 Å². The van der Waals surface area contributed by atoms with Crippen LogP contribution in [0.15, 0.2) is 18.2 Å². The van der Waals surface area contributed by atoms with Crippen molar-refractivity contribution in [1.29, 1.82) is 0 Å². The van der Waals surface area contributed by atoms with Gasteiger partial charge in [0.1, 0.15) is 5.56 Å². The van der Waals surface area contributed by atoms with Gasteiger partial charge in [-0.1, -0.05) is 6.07 Å². The second-order valence-electron chi connectivity index (χ2n) is 3.61. The smallest absolute Gasteiger partial charge is 0.342 e. The van der Waals surface area contributed by atoms with Crippen LogP contribution in [0.3, 0.4) is 0 Å². The summed E-state index contributed by atoms with van der Waals surface area (Å²) in [5.74, 6) is -1.16. The molecule has 98 valence electrons. The first-order chi connectivity index (χ1) is 8.47. The van der Waals surface area contributed by atoms with Crippen LogP contribution in [0.2, 0.25) is 0 Å². The van der Waals surface area contributed by atoms with Gasteiger partial charge in [-0.3, -0.25) is 4.79 Å². The summed E-state index contributed by atoms with van der Waals surface area (Å²) in [5, 5.41) is 0. The standard InChI is InChI=1S/C12H16N2O4/c1-3-17-10-8(5-4-6-9(10)13)12(16)18-7(2)11(14)15/h4-7H,3,13H2,1-2H3,(H2,14,15). The Balaban J connectivity index is 2.98. The first kappa shape index (κ1) is 13.8. The minimum atomic E-state index is -1.01. The van der Waals surface area contributed by atoms with E-state index in [1.54, 1.807) is 19.1 Å². The van der Waals surface area contributed by atoms with E-state index in [0.717, 1.165) is 0 Å². The number of amides is 1.